The number of benzene rings is 1. The summed E-state index contributed by atoms with van der Waals surface area (Å²) in [6.07, 6.45) is 7.23. The number of carbonyl (C=O) groups is 1. The minimum Gasteiger partial charge on any atom is -0.391 e. The first-order chi connectivity index (χ1) is 17.8. The molecule has 37 heavy (non-hydrogen) atoms. The number of anilines is 3. The second-order valence-electron chi connectivity index (χ2n) is 9.77. The van der Waals surface area contributed by atoms with E-state index in [0.29, 0.717) is 48.7 Å². The fourth-order valence-corrected chi connectivity index (χ4v) is 5.58. The number of primary amides is 1. The van der Waals surface area contributed by atoms with Crippen molar-refractivity contribution in [3.05, 3.63) is 34.7 Å². The lowest BCUT2D eigenvalue weighted by Gasteiger charge is -2.29. The Morgan fingerprint density at radius 3 is 2.62 bits per heavy atom. The zero-order valence-electron chi connectivity index (χ0n) is 20.1. The summed E-state index contributed by atoms with van der Waals surface area (Å²) in [6, 6.07) is 4.16. The molecule has 12 heteroatoms. The van der Waals surface area contributed by atoms with E-state index in [0.717, 1.165) is 31.7 Å². The lowest BCUT2D eigenvalue weighted by Crippen LogP contribution is -2.36. The van der Waals surface area contributed by atoms with Crippen molar-refractivity contribution in [2.75, 3.05) is 10.6 Å². The van der Waals surface area contributed by atoms with Crippen LogP contribution in [0.3, 0.4) is 0 Å². The van der Waals surface area contributed by atoms with E-state index in [2.05, 4.69) is 20.6 Å². The van der Waals surface area contributed by atoms with E-state index in [-0.39, 0.29) is 40.2 Å². The quantitative estimate of drug-likeness (QED) is 0.373. The molecule has 0 spiro atoms. The van der Waals surface area contributed by atoms with Crippen molar-refractivity contribution in [3.8, 4) is 6.07 Å². The minimum atomic E-state index is -0.681. The maximum atomic E-state index is 14.9. The fourth-order valence-electron chi connectivity index (χ4n) is 5.33. The monoisotopic (exact) mass is 526 g/mol. The molecule has 10 nitrogen and oxygen atoms in total. The van der Waals surface area contributed by atoms with Crippen LogP contribution < -0.4 is 16.4 Å². The molecule has 2 aliphatic carbocycles. The normalized spacial score (nSPS) is 23.9. The number of nitrogens with zero attached hydrogens (tertiary/aromatic N) is 5. The molecule has 1 amide bonds. The Bertz CT molecular complexity index is 1340. The van der Waals surface area contributed by atoms with Crippen molar-refractivity contribution in [3.63, 3.8) is 0 Å². The SMILES string of the molecule is N#Cc1cc(F)c(Nc2nc3cnc(N[C@H]4CCCC[C@H]4O)nc3n2C2CCC(C(N)=O)CC2)c(Cl)c1. The van der Waals surface area contributed by atoms with Crippen molar-refractivity contribution in [2.24, 2.45) is 11.7 Å². The number of hydrogen-bond acceptors (Lipinski definition) is 8. The molecular formula is C25H28ClFN8O2. The van der Waals surface area contributed by atoms with Crippen LogP contribution in [0.15, 0.2) is 18.3 Å². The summed E-state index contributed by atoms with van der Waals surface area (Å²) >= 11 is 6.30. The molecule has 1 aromatic carbocycles. The number of nitrogens with one attached hydrogen (secondary N) is 2. The Labute approximate surface area is 218 Å². The van der Waals surface area contributed by atoms with Gasteiger partial charge in [0.15, 0.2) is 5.65 Å². The van der Waals surface area contributed by atoms with Crippen LogP contribution >= 0.6 is 11.6 Å². The Hall–Kier alpha value is -3.49. The second-order valence-corrected chi connectivity index (χ2v) is 10.2. The Kier molecular flexibility index (Phi) is 7.13. The first-order valence-corrected chi connectivity index (χ1v) is 12.9. The smallest absolute Gasteiger partial charge is 0.225 e. The van der Waals surface area contributed by atoms with Crippen LogP contribution in [0.5, 0.6) is 0 Å². The molecule has 3 aromatic rings. The average molecular weight is 527 g/mol. The summed E-state index contributed by atoms with van der Waals surface area (Å²) in [7, 11) is 0. The van der Waals surface area contributed by atoms with E-state index in [1.54, 1.807) is 6.20 Å². The number of imidazole rings is 1. The summed E-state index contributed by atoms with van der Waals surface area (Å²) in [5, 5.41) is 25.8. The molecule has 0 radical (unpaired) electrons. The van der Waals surface area contributed by atoms with Gasteiger partial charge in [-0.25, -0.2) is 14.4 Å². The first kappa shape index (κ1) is 25.2. The number of aliphatic hydroxyl groups excluding tert-OH is 1. The fraction of sp³-hybridized carbons (Fsp3) is 0.480. The molecule has 0 saturated heterocycles. The van der Waals surface area contributed by atoms with Gasteiger partial charge in [0.25, 0.3) is 0 Å². The van der Waals surface area contributed by atoms with Crippen LogP contribution in [0.2, 0.25) is 5.02 Å². The highest BCUT2D eigenvalue weighted by atomic mass is 35.5. The molecule has 0 bridgehead atoms. The maximum absolute atomic E-state index is 14.9. The van der Waals surface area contributed by atoms with Crippen LogP contribution in [-0.2, 0) is 4.79 Å². The molecule has 0 unspecified atom stereocenters. The molecule has 5 rings (SSSR count). The number of halogens is 2. The molecule has 2 saturated carbocycles. The van der Waals surface area contributed by atoms with Gasteiger partial charge in [0, 0.05) is 12.0 Å². The molecule has 2 aromatic heterocycles. The van der Waals surface area contributed by atoms with Crippen LogP contribution in [0.4, 0.5) is 22.0 Å². The standard InChI is InChI=1S/C25H28ClFN8O2/c26-16-9-13(11-28)10-17(27)21(16)33-25-32-19-12-30-24(31-18-3-1-2-4-20(18)36)34-23(19)35(25)15-7-5-14(6-8-15)22(29)37/h9-10,12,14-15,18,20,36H,1-8H2,(H2,29,37)(H,32,33)(H,30,31,34)/t14?,15?,18-,20+/m0/s1. The largest absolute Gasteiger partial charge is 0.391 e. The number of aromatic nitrogens is 4. The van der Waals surface area contributed by atoms with Crippen LogP contribution in [0, 0.1) is 23.1 Å². The number of fused-ring (bicyclic) bond motifs is 1. The van der Waals surface area contributed by atoms with E-state index >= 15 is 0 Å². The van der Waals surface area contributed by atoms with Gasteiger partial charge >= 0.3 is 0 Å². The third-order valence-corrected chi connectivity index (χ3v) is 7.65. The van der Waals surface area contributed by atoms with Crippen LogP contribution in [-0.4, -0.2) is 42.7 Å². The predicted molar refractivity (Wildman–Crippen MR) is 137 cm³/mol. The topological polar surface area (TPSA) is 155 Å². The summed E-state index contributed by atoms with van der Waals surface area (Å²) in [6.45, 7) is 0. The van der Waals surface area contributed by atoms with Gasteiger partial charge in [-0.15, -0.1) is 0 Å². The second kappa shape index (κ2) is 10.5. The van der Waals surface area contributed by atoms with Gasteiger partial charge in [0.1, 0.15) is 11.3 Å². The highest BCUT2D eigenvalue weighted by Gasteiger charge is 2.30. The third-order valence-electron chi connectivity index (χ3n) is 7.35. The highest BCUT2D eigenvalue weighted by Crippen LogP contribution is 2.38. The van der Waals surface area contributed by atoms with E-state index < -0.39 is 11.9 Å². The van der Waals surface area contributed by atoms with Gasteiger partial charge in [0.05, 0.1) is 40.7 Å². The van der Waals surface area contributed by atoms with Crippen molar-refractivity contribution in [1.29, 1.82) is 5.26 Å². The van der Waals surface area contributed by atoms with E-state index in [9.17, 15) is 14.3 Å². The van der Waals surface area contributed by atoms with E-state index in [4.69, 9.17) is 27.6 Å². The third kappa shape index (κ3) is 5.17. The number of rotatable bonds is 6. The van der Waals surface area contributed by atoms with Crippen molar-refractivity contribution in [1.82, 2.24) is 19.5 Å². The van der Waals surface area contributed by atoms with Crippen molar-refractivity contribution in [2.45, 2.75) is 69.6 Å². The number of nitriles is 1. The molecule has 2 heterocycles. The molecule has 194 valence electrons. The van der Waals surface area contributed by atoms with Crippen LogP contribution in [0.1, 0.15) is 63.0 Å². The van der Waals surface area contributed by atoms with Gasteiger partial charge in [-0.2, -0.15) is 10.2 Å². The van der Waals surface area contributed by atoms with Gasteiger partial charge in [-0.3, -0.25) is 9.36 Å². The Morgan fingerprint density at radius 2 is 1.95 bits per heavy atom. The van der Waals surface area contributed by atoms with Crippen LogP contribution in [0.25, 0.3) is 11.2 Å². The molecule has 2 aliphatic rings. The Morgan fingerprint density at radius 1 is 1.19 bits per heavy atom. The summed E-state index contributed by atoms with van der Waals surface area (Å²) in [5.74, 6) is -0.474. The van der Waals surface area contributed by atoms with E-state index in [1.807, 2.05) is 10.6 Å². The van der Waals surface area contributed by atoms with Gasteiger partial charge in [0.2, 0.25) is 17.8 Å². The zero-order valence-corrected chi connectivity index (χ0v) is 20.9. The van der Waals surface area contributed by atoms with Gasteiger partial charge < -0.3 is 21.5 Å². The van der Waals surface area contributed by atoms with Gasteiger partial charge in [-0.05, 0) is 50.7 Å². The Balaban J connectivity index is 1.53. The highest BCUT2D eigenvalue weighted by molar-refractivity contribution is 6.33. The van der Waals surface area contributed by atoms with Gasteiger partial charge in [-0.1, -0.05) is 24.4 Å². The zero-order chi connectivity index (χ0) is 26.1. The van der Waals surface area contributed by atoms with E-state index in [1.165, 1.54) is 6.07 Å². The lowest BCUT2D eigenvalue weighted by atomic mass is 9.85. The molecular weight excluding hydrogens is 499 g/mol. The predicted octanol–water partition coefficient (Wildman–Crippen LogP) is 4.17. The number of hydrogen-bond donors (Lipinski definition) is 4. The number of amides is 1. The number of nitrogens with two attached hydrogens (primary N) is 1. The molecule has 0 aliphatic heterocycles. The first-order valence-electron chi connectivity index (χ1n) is 12.5. The minimum absolute atomic E-state index is 0.000296. The lowest BCUT2D eigenvalue weighted by molar-refractivity contribution is -0.122. The summed E-state index contributed by atoms with van der Waals surface area (Å²) < 4.78 is 16.8. The van der Waals surface area contributed by atoms with Crippen molar-refractivity contribution < 1.29 is 14.3 Å². The molecule has 2 fully saturated rings. The van der Waals surface area contributed by atoms with Crippen molar-refractivity contribution >= 4 is 46.3 Å². The molecule has 2 atom stereocenters. The summed E-state index contributed by atoms with van der Waals surface area (Å²) in [5.41, 5.74) is 6.68. The summed E-state index contributed by atoms with van der Waals surface area (Å²) in [4.78, 5) is 25.5. The maximum Gasteiger partial charge on any atom is 0.225 e. The number of carbonyl (C=O) groups excluding carboxylic acids is 1. The molecule has 5 N–H and O–H groups in total. The average Bonchev–Trinajstić information content (AvgIpc) is 3.24. The number of aliphatic hydroxyl groups is 1.